The number of hydrogen-bond donors (Lipinski definition) is 2. The molecule has 3 rings (SSSR count). The molecule has 29 heavy (non-hydrogen) atoms. The third kappa shape index (κ3) is 5.71. The van der Waals surface area contributed by atoms with Gasteiger partial charge >= 0.3 is 0 Å². The molecule has 0 heterocycles. The monoisotopic (exact) mass is 401 g/mol. The molecule has 0 aliphatic heterocycles. The smallest absolute Gasteiger partial charge is 0.263 e. The molecule has 0 aromatic heterocycles. The summed E-state index contributed by atoms with van der Waals surface area (Å²) in [5.74, 6) is -0.435. The molecule has 2 N–H and O–H groups in total. The summed E-state index contributed by atoms with van der Waals surface area (Å²) < 4.78 is 0. The molecule has 0 bridgehead atoms. The van der Waals surface area contributed by atoms with Crippen LogP contribution in [0.25, 0.3) is 0 Å². The molecular formula is C24H20ClN3O. The predicted molar refractivity (Wildman–Crippen MR) is 115 cm³/mol. The van der Waals surface area contributed by atoms with Crippen LogP contribution in [0.5, 0.6) is 0 Å². The Morgan fingerprint density at radius 1 is 0.931 bits per heavy atom. The van der Waals surface area contributed by atoms with Crippen molar-refractivity contribution in [2.45, 2.75) is 12.6 Å². The number of amides is 1. The number of benzene rings is 3. The van der Waals surface area contributed by atoms with Gasteiger partial charge in [0, 0.05) is 17.8 Å². The summed E-state index contributed by atoms with van der Waals surface area (Å²) in [6, 6.07) is 28.7. The molecule has 0 atom stereocenters. The lowest BCUT2D eigenvalue weighted by atomic mass is 9.99. The fourth-order valence-corrected chi connectivity index (χ4v) is 3.00. The molecule has 144 valence electrons. The van der Waals surface area contributed by atoms with Crippen molar-refractivity contribution in [3.05, 3.63) is 118 Å². The van der Waals surface area contributed by atoms with Crippen molar-refractivity contribution in [2.75, 3.05) is 0 Å². The largest absolute Gasteiger partial charge is 0.379 e. The second kappa shape index (κ2) is 10.1. The minimum atomic E-state index is -0.435. The van der Waals surface area contributed by atoms with Crippen LogP contribution in [0.1, 0.15) is 22.7 Å². The van der Waals surface area contributed by atoms with Gasteiger partial charge in [-0.2, -0.15) is 5.26 Å². The van der Waals surface area contributed by atoms with Crippen LogP contribution in [-0.4, -0.2) is 5.91 Å². The number of nitrogens with zero attached hydrogens (tertiary/aromatic N) is 1. The van der Waals surface area contributed by atoms with E-state index in [1.807, 2.05) is 78.9 Å². The fourth-order valence-electron chi connectivity index (χ4n) is 2.87. The van der Waals surface area contributed by atoms with Gasteiger partial charge in [-0.15, -0.1) is 0 Å². The first-order valence-corrected chi connectivity index (χ1v) is 9.54. The Morgan fingerprint density at radius 3 is 2.00 bits per heavy atom. The molecule has 4 nitrogen and oxygen atoms in total. The average molecular weight is 402 g/mol. The minimum absolute atomic E-state index is 0.0100. The molecule has 0 radical (unpaired) electrons. The summed E-state index contributed by atoms with van der Waals surface area (Å²) >= 11 is 5.87. The van der Waals surface area contributed by atoms with Gasteiger partial charge in [-0.25, -0.2) is 0 Å². The lowest BCUT2D eigenvalue weighted by Crippen LogP contribution is -2.26. The number of halogens is 1. The van der Waals surface area contributed by atoms with Gasteiger partial charge in [0.15, 0.2) is 0 Å². The van der Waals surface area contributed by atoms with Gasteiger partial charge in [0.2, 0.25) is 0 Å². The molecule has 0 aliphatic carbocycles. The van der Waals surface area contributed by atoms with Gasteiger partial charge in [-0.05, 0) is 28.8 Å². The molecule has 0 aliphatic rings. The van der Waals surface area contributed by atoms with Crippen molar-refractivity contribution in [1.82, 2.24) is 10.6 Å². The van der Waals surface area contributed by atoms with E-state index in [9.17, 15) is 10.1 Å². The van der Waals surface area contributed by atoms with Gasteiger partial charge in [0.05, 0.1) is 6.04 Å². The molecule has 0 saturated carbocycles. The topological polar surface area (TPSA) is 64.9 Å². The molecule has 0 saturated heterocycles. The maximum Gasteiger partial charge on any atom is 0.263 e. The van der Waals surface area contributed by atoms with Crippen LogP contribution in [0.2, 0.25) is 5.02 Å². The van der Waals surface area contributed by atoms with Crippen LogP contribution in [-0.2, 0) is 11.3 Å². The first-order valence-electron chi connectivity index (χ1n) is 9.16. The van der Waals surface area contributed by atoms with Crippen LogP contribution >= 0.6 is 11.6 Å². The first kappa shape index (κ1) is 20.2. The van der Waals surface area contributed by atoms with E-state index in [1.54, 1.807) is 12.1 Å². The standard InChI is InChI=1S/C24H20ClN3O/c25-22-13-11-18(12-14-22)16-28-24(29)21(15-26)17-27-23(19-7-3-1-4-8-19)20-9-5-2-6-10-20/h1-14,17,23,27H,16H2,(H,28,29)/b21-17-. The van der Waals surface area contributed by atoms with Crippen molar-refractivity contribution in [2.24, 2.45) is 0 Å². The summed E-state index contributed by atoms with van der Waals surface area (Å²) in [6.07, 6.45) is 1.47. The quantitative estimate of drug-likeness (QED) is 0.443. The summed E-state index contributed by atoms with van der Waals surface area (Å²) in [7, 11) is 0. The number of carbonyl (C=O) groups is 1. The Labute approximate surface area is 175 Å². The Bertz CT molecular complexity index is 970. The third-order valence-electron chi connectivity index (χ3n) is 4.39. The summed E-state index contributed by atoms with van der Waals surface area (Å²) in [6.45, 7) is 0.315. The van der Waals surface area contributed by atoms with Gasteiger partial charge in [-0.3, -0.25) is 4.79 Å². The lowest BCUT2D eigenvalue weighted by Gasteiger charge is -2.19. The van der Waals surface area contributed by atoms with E-state index in [0.717, 1.165) is 16.7 Å². The molecule has 3 aromatic rings. The maximum atomic E-state index is 12.4. The van der Waals surface area contributed by atoms with Crippen molar-refractivity contribution in [3.63, 3.8) is 0 Å². The fraction of sp³-hybridized carbons (Fsp3) is 0.0833. The van der Waals surface area contributed by atoms with Crippen molar-refractivity contribution in [3.8, 4) is 6.07 Å². The van der Waals surface area contributed by atoms with Crippen LogP contribution in [0.3, 0.4) is 0 Å². The maximum absolute atomic E-state index is 12.4. The van der Waals surface area contributed by atoms with Gasteiger partial charge in [-0.1, -0.05) is 84.4 Å². The van der Waals surface area contributed by atoms with Gasteiger partial charge in [0.1, 0.15) is 11.6 Å². The van der Waals surface area contributed by atoms with E-state index in [2.05, 4.69) is 10.6 Å². The van der Waals surface area contributed by atoms with Crippen LogP contribution < -0.4 is 10.6 Å². The highest BCUT2D eigenvalue weighted by Gasteiger charge is 2.14. The highest BCUT2D eigenvalue weighted by molar-refractivity contribution is 6.30. The Balaban J connectivity index is 1.73. The zero-order valence-electron chi connectivity index (χ0n) is 15.7. The number of carbonyl (C=O) groups excluding carboxylic acids is 1. The van der Waals surface area contributed by atoms with E-state index in [1.165, 1.54) is 6.20 Å². The Hall–Kier alpha value is -3.55. The summed E-state index contributed by atoms with van der Waals surface area (Å²) in [5, 5.41) is 16.1. The average Bonchev–Trinajstić information content (AvgIpc) is 2.77. The van der Waals surface area contributed by atoms with Gasteiger partial charge < -0.3 is 10.6 Å². The minimum Gasteiger partial charge on any atom is -0.379 e. The molecule has 5 heteroatoms. The number of nitrogens with one attached hydrogen (secondary N) is 2. The van der Waals surface area contributed by atoms with E-state index in [-0.39, 0.29) is 11.6 Å². The van der Waals surface area contributed by atoms with E-state index in [4.69, 9.17) is 11.6 Å². The van der Waals surface area contributed by atoms with Crippen LogP contribution in [0, 0.1) is 11.3 Å². The van der Waals surface area contributed by atoms with Crippen molar-refractivity contribution in [1.29, 1.82) is 5.26 Å². The lowest BCUT2D eigenvalue weighted by molar-refractivity contribution is -0.117. The molecule has 1 amide bonds. The molecule has 0 spiro atoms. The number of rotatable bonds is 7. The molecule has 0 unspecified atom stereocenters. The van der Waals surface area contributed by atoms with Crippen molar-refractivity contribution < 1.29 is 4.79 Å². The molecule has 0 fully saturated rings. The van der Waals surface area contributed by atoms with Gasteiger partial charge in [0.25, 0.3) is 5.91 Å². The predicted octanol–water partition coefficient (Wildman–Crippen LogP) is 4.74. The van der Waals surface area contributed by atoms with Crippen LogP contribution in [0.15, 0.2) is 96.7 Å². The summed E-state index contributed by atoms with van der Waals surface area (Å²) in [4.78, 5) is 12.4. The number of hydrogen-bond acceptors (Lipinski definition) is 3. The zero-order valence-corrected chi connectivity index (χ0v) is 16.4. The second-order valence-electron chi connectivity index (χ2n) is 6.40. The van der Waals surface area contributed by atoms with E-state index in [0.29, 0.717) is 11.6 Å². The summed E-state index contributed by atoms with van der Waals surface area (Å²) in [5.41, 5.74) is 2.98. The highest BCUT2D eigenvalue weighted by Crippen LogP contribution is 2.22. The Morgan fingerprint density at radius 2 is 1.48 bits per heavy atom. The molecule has 3 aromatic carbocycles. The Kier molecular flexibility index (Phi) is 7.05. The van der Waals surface area contributed by atoms with E-state index < -0.39 is 5.91 Å². The second-order valence-corrected chi connectivity index (χ2v) is 6.84. The third-order valence-corrected chi connectivity index (χ3v) is 4.64. The van der Waals surface area contributed by atoms with Crippen molar-refractivity contribution >= 4 is 17.5 Å². The highest BCUT2D eigenvalue weighted by atomic mass is 35.5. The van der Waals surface area contributed by atoms with Crippen LogP contribution in [0.4, 0.5) is 0 Å². The van der Waals surface area contributed by atoms with E-state index >= 15 is 0 Å². The number of nitriles is 1. The first-order chi connectivity index (χ1) is 14.2. The molecular weight excluding hydrogens is 382 g/mol. The normalized spacial score (nSPS) is 11.0. The SMILES string of the molecule is N#C/C(=C/NC(c1ccccc1)c1ccccc1)C(=O)NCc1ccc(Cl)cc1. The zero-order chi connectivity index (χ0) is 20.5.